The van der Waals surface area contributed by atoms with Gasteiger partial charge in [-0.05, 0) is 25.5 Å². The summed E-state index contributed by atoms with van der Waals surface area (Å²) in [5, 5.41) is 8.90. The maximum absolute atomic E-state index is 14.0. The lowest BCUT2D eigenvalue weighted by Gasteiger charge is -2.31. The lowest BCUT2D eigenvalue weighted by molar-refractivity contribution is 0.0281. The van der Waals surface area contributed by atoms with Crippen LogP contribution >= 0.6 is 0 Å². The van der Waals surface area contributed by atoms with Crippen molar-refractivity contribution in [2.24, 2.45) is 0 Å². The summed E-state index contributed by atoms with van der Waals surface area (Å²) in [7, 11) is 1.68. The Bertz CT molecular complexity index is 464. The Morgan fingerprint density at radius 2 is 2.37 bits per heavy atom. The largest absolute Gasteiger partial charge is 0.478 e. The average molecular weight is 267 g/mol. The van der Waals surface area contributed by atoms with Gasteiger partial charge in [0.2, 0.25) is 0 Å². The zero-order valence-corrected chi connectivity index (χ0v) is 10.9. The normalized spacial score (nSPS) is 20.4. The quantitative estimate of drug-likeness (QED) is 0.908. The molecule has 0 saturated carbocycles. The van der Waals surface area contributed by atoms with Crippen LogP contribution in [0.15, 0.2) is 18.2 Å². The molecule has 1 fully saturated rings. The Morgan fingerprint density at radius 3 is 3.05 bits per heavy atom. The molecule has 0 radical (unpaired) electrons. The van der Waals surface area contributed by atoms with Crippen LogP contribution in [0.3, 0.4) is 0 Å². The van der Waals surface area contributed by atoms with Gasteiger partial charge in [0, 0.05) is 25.8 Å². The Kier molecular flexibility index (Phi) is 4.50. The number of carbonyl (C=O) groups is 1. The third-order valence-corrected chi connectivity index (χ3v) is 3.50. The molecular formula is C14H18FNO3. The molecule has 1 saturated heterocycles. The fourth-order valence-electron chi connectivity index (χ4n) is 2.46. The monoisotopic (exact) mass is 267 g/mol. The third kappa shape index (κ3) is 3.30. The highest BCUT2D eigenvalue weighted by atomic mass is 19.1. The predicted molar refractivity (Wildman–Crippen MR) is 68.7 cm³/mol. The van der Waals surface area contributed by atoms with Crippen LogP contribution in [0.5, 0.6) is 0 Å². The molecule has 104 valence electrons. The van der Waals surface area contributed by atoms with Crippen LogP contribution < -0.4 is 0 Å². The third-order valence-electron chi connectivity index (χ3n) is 3.50. The minimum Gasteiger partial charge on any atom is -0.478 e. The van der Waals surface area contributed by atoms with E-state index in [1.807, 2.05) is 0 Å². The summed E-state index contributed by atoms with van der Waals surface area (Å²) < 4.78 is 19.3. The number of hydrogen-bond donors (Lipinski definition) is 1. The summed E-state index contributed by atoms with van der Waals surface area (Å²) in [5.74, 6) is -1.86. The molecule has 1 aromatic carbocycles. The first kappa shape index (κ1) is 14.0. The highest BCUT2D eigenvalue weighted by Crippen LogP contribution is 2.19. The van der Waals surface area contributed by atoms with E-state index in [0.29, 0.717) is 12.1 Å². The van der Waals surface area contributed by atoms with Crippen LogP contribution in [0.1, 0.15) is 28.8 Å². The highest BCUT2D eigenvalue weighted by Gasteiger charge is 2.21. The molecule has 0 spiro atoms. The first-order valence-electron chi connectivity index (χ1n) is 6.37. The van der Waals surface area contributed by atoms with E-state index in [2.05, 4.69) is 4.90 Å². The molecule has 1 atom stereocenters. The number of aromatic carboxylic acids is 1. The van der Waals surface area contributed by atoms with Gasteiger partial charge in [0.1, 0.15) is 5.82 Å². The Labute approximate surface area is 111 Å². The number of halogens is 1. The van der Waals surface area contributed by atoms with Crippen molar-refractivity contribution in [2.45, 2.75) is 25.5 Å². The summed E-state index contributed by atoms with van der Waals surface area (Å²) in [6.07, 6.45) is 2.21. The van der Waals surface area contributed by atoms with E-state index in [0.717, 1.165) is 25.9 Å². The molecular weight excluding hydrogens is 249 g/mol. The second-order valence-electron chi connectivity index (χ2n) is 4.82. The van der Waals surface area contributed by atoms with Gasteiger partial charge in [0.15, 0.2) is 0 Å². The van der Waals surface area contributed by atoms with Gasteiger partial charge >= 0.3 is 5.97 Å². The number of hydrogen-bond acceptors (Lipinski definition) is 3. The van der Waals surface area contributed by atoms with Crippen molar-refractivity contribution in [3.05, 3.63) is 35.1 Å². The van der Waals surface area contributed by atoms with E-state index in [9.17, 15) is 9.18 Å². The van der Waals surface area contributed by atoms with Crippen LogP contribution in [0.25, 0.3) is 0 Å². The lowest BCUT2D eigenvalue weighted by Crippen LogP contribution is -2.38. The van der Waals surface area contributed by atoms with Gasteiger partial charge in [0.05, 0.1) is 11.7 Å². The number of benzene rings is 1. The lowest BCUT2D eigenvalue weighted by atomic mass is 10.1. The van der Waals surface area contributed by atoms with Crippen molar-refractivity contribution in [3.63, 3.8) is 0 Å². The molecule has 5 heteroatoms. The maximum atomic E-state index is 14.0. The first-order valence-corrected chi connectivity index (χ1v) is 6.37. The van der Waals surface area contributed by atoms with Gasteiger partial charge in [-0.25, -0.2) is 9.18 Å². The minimum absolute atomic E-state index is 0.180. The number of methoxy groups -OCH3 is 1. The summed E-state index contributed by atoms with van der Waals surface area (Å²) >= 11 is 0. The molecule has 0 aliphatic carbocycles. The molecule has 1 N–H and O–H groups in total. The van der Waals surface area contributed by atoms with Gasteiger partial charge in [-0.3, -0.25) is 4.90 Å². The van der Waals surface area contributed by atoms with Crippen LogP contribution in [-0.2, 0) is 11.3 Å². The van der Waals surface area contributed by atoms with Crippen molar-refractivity contribution in [1.82, 2.24) is 4.90 Å². The van der Waals surface area contributed by atoms with E-state index in [1.54, 1.807) is 19.2 Å². The molecule has 4 nitrogen and oxygen atoms in total. The predicted octanol–water partition coefficient (Wildman–Crippen LogP) is 2.13. The fourth-order valence-corrected chi connectivity index (χ4v) is 2.46. The number of piperidine rings is 1. The van der Waals surface area contributed by atoms with E-state index in [4.69, 9.17) is 9.84 Å². The fraction of sp³-hybridized carbons (Fsp3) is 0.500. The summed E-state index contributed by atoms with van der Waals surface area (Å²) in [6, 6.07) is 4.51. The minimum atomic E-state index is -1.23. The van der Waals surface area contributed by atoms with Gasteiger partial charge in [-0.1, -0.05) is 12.1 Å². The SMILES string of the molecule is COC1CCCN(Cc2cccc(C(=O)O)c2F)C1. The molecule has 1 unspecified atom stereocenters. The van der Waals surface area contributed by atoms with Gasteiger partial charge in [-0.15, -0.1) is 0 Å². The Morgan fingerprint density at radius 1 is 1.58 bits per heavy atom. The van der Waals surface area contributed by atoms with Crippen molar-refractivity contribution in [2.75, 3.05) is 20.2 Å². The molecule has 0 amide bonds. The zero-order chi connectivity index (χ0) is 13.8. The van der Waals surface area contributed by atoms with Crippen molar-refractivity contribution in [3.8, 4) is 0 Å². The van der Waals surface area contributed by atoms with Crippen LogP contribution in [0.4, 0.5) is 4.39 Å². The Balaban J connectivity index is 2.10. The summed E-state index contributed by atoms with van der Waals surface area (Å²) in [4.78, 5) is 13.0. The maximum Gasteiger partial charge on any atom is 0.338 e. The molecule has 1 aromatic rings. The number of ether oxygens (including phenoxy) is 1. The van der Waals surface area contributed by atoms with Gasteiger partial charge in [0.25, 0.3) is 0 Å². The zero-order valence-electron chi connectivity index (χ0n) is 10.9. The van der Waals surface area contributed by atoms with E-state index in [1.165, 1.54) is 6.07 Å². The number of carboxylic acids is 1. The van der Waals surface area contributed by atoms with Crippen molar-refractivity contribution < 1.29 is 19.0 Å². The number of carboxylic acid groups (broad SMARTS) is 1. The molecule has 2 rings (SSSR count). The number of rotatable bonds is 4. The standard InChI is InChI=1S/C14H18FNO3/c1-19-11-5-3-7-16(9-11)8-10-4-2-6-12(13(10)15)14(17)18/h2,4,6,11H,3,5,7-9H2,1H3,(H,17,18). The molecule has 1 aliphatic rings. The number of nitrogens with zero attached hydrogens (tertiary/aromatic N) is 1. The summed E-state index contributed by atoms with van der Waals surface area (Å²) in [6.45, 7) is 2.07. The van der Waals surface area contributed by atoms with Gasteiger partial charge < -0.3 is 9.84 Å². The van der Waals surface area contributed by atoms with E-state index in [-0.39, 0.29) is 11.7 Å². The summed E-state index contributed by atoms with van der Waals surface area (Å²) in [5.41, 5.74) is 0.162. The second-order valence-corrected chi connectivity index (χ2v) is 4.82. The number of likely N-dealkylation sites (tertiary alicyclic amines) is 1. The van der Waals surface area contributed by atoms with Crippen molar-refractivity contribution in [1.29, 1.82) is 0 Å². The van der Waals surface area contributed by atoms with E-state index >= 15 is 0 Å². The van der Waals surface area contributed by atoms with Crippen LogP contribution in [-0.4, -0.2) is 42.3 Å². The molecule has 19 heavy (non-hydrogen) atoms. The second kappa shape index (κ2) is 6.12. The van der Waals surface area contributed by atoms with Crippen molar-refractivity contribution >= 4 is 5.97 Å². The first-order chi connectivity index (χ1) is 9.11. The molecule has 0 aromatic heterocycles. The molecule has 0 bridgehead atoms. The Hall–Kier alpha value is -1.46. The van der Waals surface area contributed by atoms with Crippen LogP contribution in [0, 0.1) is 5.82 Å². The molecule has 1 heterocycles. The molecule has 1 aliphatic heterocycles. The van der Waals surface area contributed by atoms with Gasteiger partial charge in [-0.2, -0.15) is 0 Å². The topological polar surface area (TPSA) is 49.8 Å². The highest BCUT2D eigenvalue weighted by molar-refractivity contribution is 5.88. The average Bonchev–Trinajstić information content (AvgIpc) is 2.41. The van der Waals surface area contributed by atoms with E-state index < -0.39 is 11.8 Å². The van der Waals surface area contributed by atoms with Crippen LogP contribution in [0.2, 0.25) is 0 Å². The smallest absolute Gasteiger partial charge is 0.338 e.